The van der Waals surface area contributed by atoms with Crippen LogP contribution in [0.2, 0.25) is 5.02 Å². The second kappa shape index (κ2) is 9.34. The minimum absolute atomic E-state index is 0.0494. The third-order valence-electron chi connectivity index (χ3n) is 6.63. The van der Waals surface area contributed by atoms with Crippen molar-refractivity contribution in [2.45, 2.75) is 50.8 Å². The summed E-state index contributed by atoms with van der Waals surface area (Å²) < 4.78 is 9.91. The van der Waals surface area contributed by atoms with Crippen LogP contribution in [0, 0.1) is 12.8 Å². The number of aromatic nitrogens is 4. The van der Waals surface area contributed by atoms with Crippen molar-refractivity contribution < 1.29 is 4.74 Å². The summed E-state index contributed by atoms with van der Waals surface area (Å²) in [6.45, 7) is 6.88. The zero-order chi connectivity index (χ0) is 25.0. The number of thioether (sulfide) groups is 1. The third-order valence-corrected chi connectivity index (χ3v) is 9.07. The molecule has 0 bridgehead atoms. The Kier molecular flexibility index (Phi) is 6.16. The fraction of sp³-hybridized carbons (Fsp3) is 0.296. The molecule has 4 heterocycles. The molecule has 6 nitrogen and oxygen atoms in total. The van der Waals surface area contributed by atoms with Crippen LogP contribution in [0.15, 0.2) is 58.5 Å². The van der Waals surface area contributed by atoms with Gasteiger partial charge in [-0.1, -0.05) is 61.5 Å². The van der Waals surface area contributed by atoms with Crippen molar-refractivity contribution >= 4 is 50.7 Å². The summed E-state index contributed by atoms with van der Waals surface area (Å²) in [5.74, 6) is 1.61. The lowest BCUT2D eigenvalue weighted by molar-refractivity contribution is 0.00200. The maximum atomic E-state index is 14.1. The highest BCUT2D eigenvalue weighted by molar-refractivity contribution is 7.98. The standard InChI is InChI=1S/C27H25ClN4O2S2/c1-15(2)21-12-20-22(13-34-21)36-25-23(20)24(33)31(19-6-4-5-16(3)11-19)26-29-30-27(32(25)26)35-14-17-7-9-18(28)10-8-17/h4-11,15,21H,12-14H2,1-3H3. The van der Waals surface area contributed by atoms with Crippen LogP contribution in [0.5, 0.6) is 0 Å². The van der Waals surface area contributed by atoms with Crippen molar-refractivity contribution in [3.05, 3.63) is 85.5 Å². The first-order valence-electron chi connectivity index (χ1n) is 11.9. The van der Waals surface area contributed by atoms with E-state index in [-0.39, 0.29) is 11.7 Å². The smallest absolute Gasteiger partial charge is 0.268 e. The number of aryl methyl sites for hydroxylation is 1. The van der Waals surface area contributed by atoms with E-state index < -0.39 is 0 Å². The maximum absolute atomic E-state index is 14.1. The average Bonchev–Trinajstić information content (AvgIpc) is 3.45. The van der Waals surface area contributed by atoms with E-state index in [9.17, 15) is 4.79 Å². The van der Waals surface area contributed by atoms with Crippen molar-refractivity contribution in [1.82, 2.24) is 19.2 Å². The molecule has 3 aromatic heterocycles. The lowest BCUT2D eigenvalue weighted by Crippen LogP contribution is -2.28. The molecule has 6 rings (SSSR count). The van der Waals surface area contributed by atoms with Gasteiger partial charge in [-0.25, -0.2) is 8.97 Å². The molecule has 1 atom stereocenters. The Labute approximate surface area is 221 Å². The van der Waals surface area contributed by atoms with Gasteiger partial charge >= 0.3 is 0 Å². The Morgan fingerprint density at radius 2 is 2.00 bits per heavy atom. The predicted molar refractivity (Wildman–Crippen MR) is 147 cm³/mol. The average molecular weight is 537 g/mol. The van der Waals surface area contributed by atoms with Gasteiger partial charge in [0, 0.05) is 22.1 Å². The summed E-state index contributed by atoms with van der Waals surface area (Å²) in [7, 11) is 0. The number of rotatable bonds is 5. The molecule has 0 N–H and O–H groups in total. The highest BCUT2D eigenvalue weighted by Crippen LogP contribution is 2.38. The SMILES string of the molecule is Cc1cccc(-n2c(=O)c3c4c(sc3n3c(SCc5ccc(Cl)cc5)nnc23)COC(C(C)C)C4)c1. The van der Waals surface area contributed by atoms with Crippen LogP contribution < -0.4 is 5.56 Å². The molecular formula is C27H25ClN4O2S2. The van der Waals surface area contributed by atoms with Gasteiger partial charge in [-0.05, 0) is 53.8 Å². The molecule has 0 spiro atoms. The molecule has 5 aromatic rings. The summed E-state index contributed by atoms with van der Waals surface area (Å²) >= 11 is 9.28. The van der Waals surface area contributed by atoms with Crippen LogP contribution in [-0.2, 0) is 23.5 Å². The zero-order valence-electron chi connectivity index (χ0n) is 20.2. The van der Waals surface area contributed by atoms with Crippen LogP contribution >= 0.6 is 34.7 Å². The normalized spacial score (nSPS) is 15.8. The van der Waals surface area contributed by atoms with E-state index in [2.05, 4.69) is 24.0 Å². The second-order valence-corrected chi connectivity index (χ2v) is 12.0. The molecule has 0 fully saturated rings. The van der Waals surface area contributed by atoms with Gasteiger partial charge in [0.2, 0.25) is 5.78 Å². The summed E-state index contributed by atoms with van der Waals surface area (Å²) in [4.78, 5) is 16.1. The zero-order valence-corrected chi connectivity index (χ0v) is 22.6. The van der Waals surface area contributed by atoms with Gasteiger partial charge in [0.05, 0.1) is 23.8 Å². The molecule has 0 saturated heterocycles. The molecule has 0 amide bonds. The molecule has 0 radical (unpaired) electrons. The first kappa shape index (κ1) is 23.7. The van der Waals surface area contributed by atoms with Crippen molar-refractivity contribution in [3.8, 4) is 5.69 Å². The summed E-state index contributed by atoms with van der Waals surface area (Å²) in [6.07, 6.45) is 0.828. The van der Waals surface area contributed by atoms with Gasteiger partial charge in [0.15, 0.2) is 5.16 Å². The van der Waals surface area contributed by atoms with Gasteiger partial charge in [-0.15, -0.1) is 21.5 Å². The second-order valence-electron chi connectivity index (χ2n) is 9.49. The number of thiophene rings is 1. The Morgan fingerprint density at radius 1 is 1.19 bits per heavy atom. The number of fused-ring (bicyclic) bond motifs is 5. The van der Waals surface area contributed by atoms with Crippen LogP contribution in [-0.4, -0.2) is 25.3 Å². The first-order valence-corrected chi connectivity index (χ1v) is 14.1. The summed E-state index contributed by atoms with van der Waals surface area (Å²) in [5, 5.41) is 11.3. The Bertz CT molecular complexity index is 1650. The van der Waals surface area contributed by atoms with Gasteiger partial charge in [0.25, 0.3) is 5.56 Å². The predicted octanol–water partition coefficient (Wildman–Crippen LogP) is 6.45. The van der Waals surface area contributed by atoms with Crippen molar-refractivity contribution in [2.24, 2.45) is 5.92 Å². The Hall–Kier alpha value is -2.65. The monoisotopic (exact) mass is 536 g/mol. The molecule has 0 saturated carbocycles. The first-order chi connectivity index (χ1) is 17.4. The molecule has 0 aliphatic carbocycles. The summed E-state index contributed by atoms with van der Waals surface area (Å²) in [5.41, 5.74) is 4.07. The maximum Gasteiger partial charge on any atom is 0.268 e. The van der Waals surface area contributed by atoms with E-state index in [0.717, 1.165) is 49.0 Å². The largest absolute Gasteiger partial charge is 0.372 e. The molecule has 1 unspecified atom stereocenters. The molecular weight excluding hydrogens is 512 g/mol. The molecule has 1 aliphatic heterocycles. The van der Waals surface area contributed by atoms with Crippen LogP contribution in [0.25, 0.3) is 21.7 Å². The number of hydrogen-bond donors (Lipinski definition) is 0. The van der Waals surface area contributed by atoms with Crippen LogP contribution in [0.1, 0.15) is 35.4 Å². The highest BCUT2D eigenvalue weighted by Gasteiger charge is 2.30. The number of ether oxygens (including phenoxy) is 1. The number of hydrogen-bond acceptors (Lipinski definition) is 6. The van der Waals surface area contributed by atoms with E-state index in [4.69, 9.17) is 16.3 Å². The lowest BCUT2D eigenvalue weighted by Gasteiger charge is -2.26. The fourth-order valence-corrected chi connectivity index (χ4v) is 7.00. The Balaban J connectivity index is 1.58. The van der Waals surface area contributed by atoms with Gasteiger partial charge < -0.3 is 4.74 Å². The molecule has 1 aliphatic rings. The minimum Gasteiger partial charge on any atom is -0.372 e. The number of benzene rings is 2. The van der Waals surface area contributed by atoms with E-state index in [1.165, 1.54) is 0 Å². The van der Waals surface area contributed by atoms with Crippen LogP contribution in [0.4, 0.5) is 0 Å². The van der Waals surface area contributed by atoms with Crippen molar-refractivity contribution in [3.63, 3.8) is 0 Å². The van der Waals surface area contributed by atoms with E-state index >= 15 is 0 Å². The van der Waals surface area contributed by atoms with Crippen LogP contribution in [0.3, 0.4) is 0 Å². The number of nitrogens with zero attached hydrogens (tertiary/aromatic N) is 4. The van der Waals surface area contributed by atoms with E-state index in [1.807, 2.05) is 59.9 Å². The molecule has 184 valence electrons. The molecule has 36 heavy (non-hydrogen) atoms. The van der Waals surface area contributed by atoms with E-state index in [0.29, 0.717) is 29.1 Å². The molecule has 2 aromatic carbocycles. The van der Waals surface area contributed by atoms with Gasteiger partial charge in [0.1, 0.15) is 4.83 Å². The number of halogens is 1. The lowest BCUT2D eigenvalue weighted by atomic mass is 9.96. The minimum atomic E-state index is -0.0494. The Morgan fingerprint density at radius 3 is 2.75 bits per heavy atom. The van der Waals surface area contributed by atoms with Crippen molar-refractivity contribution in [2.75, 3.05) is 0 Å². The van der Waals surface area contributed by atoms with Crippen molar-refractivity contribution in [1.29, 1.82) is 0 Å². The van der Waals surface area contributed by atoms with Gasteiger partial charge in [-0.2, -0.15) is 0 Å². The van der Waals surface area contributed by atoms with Gasteiger partial charge in [-0.3, -0.25) is 4.79 Å². The van der Waals surface area contributed by atoms with E-state index in [1.54, 1.807) is 27.7 Å². The highest BCUT2D eigenvalue weighted by atomic mass is 35.5. The fourth-order valence-electron chi connectivity index (χ4n) is 4.69. The summed E-state index contributed by atoms with van der Waals surface area (Å²) in [6, 6.07) is 15.8. The topological polar surface area (TPSA) is 61.4 Å². The molecule has 9 heteroatoms. The third kappa shape index (κ3) is 4.06. The quantitative estimate of drug-likeness (QED) is 0.242.